The van der Waals surface area contributed by atoms with E-state index in [2.05, 4.69) is 0 Å². The second-order valence-electron chi connectivity index (χ2n) is 4.00. The molecule has 1 amide bonds. The van der Waals surface area contributed by atoms with Crippen LogP contribution in [0.5, 0.6) is 0 Å². The van der Waals surface area contributed by atoms with Gasteiger partial charge in [0, 0.05) is 18.2 Å². The van der Waals surface area contributed by atoms with E-state index < -0.39 is 18.6 Å². The van der Waals surface area contributed by atoms with Crippen molar-refractivity contribution in [3.63, 3.8) is 0 Å². The fourth-order valence-corrected chi connectivity index (χ4v) is 1.77. The Balaban J connectivity index is 2.16. The molecule has 6 nitrogen and oxygen atoms in total. The monoisotopic (exact) mass is 227 g/mol. The van der Waals surface area contributed by atoms with Gasteiger partial charge in [-0.2, -0.15) is 0 Å². The molecule has 2 aliphatic heterocycles. The topological polar surface area (TPSA) is 87.1 Å². The van der Waals surface area contributed by atoms with Crippen LogP contribution in [0.2, 0.25) is 0 Å². The van der Waals surface area contributed by atoms with Gasteiger partial charge in [-0.3, -0.25) is 14.5 Å². The lowest BCUT2D eigenvalue weighted by Gasteiger charge is -2.28. The molecule has 3 atom stereocenters. The molecule has 0 spiro atoms. The summed E-state index contributed by atoms with van der Waals surface area (Å²) < 4.78 is 5.02. The lowest BCUT2D eigenvalue weighted by Crippen LogP contribution is -2.40. The molecule has 0 bridgehead atoms. The molecule has 2 N–H and O–H groups in total. The van der Waals surface area contributed by atoms with Gasteiger partial charge in [0.1, 0.15) is 12.3 Å². The van der Waals surface area contributed by atoms with Crippen LogP contribution >= 0.6 is 0 Å². The summed E-state index contributed by atoms with van der Waals surface area (Å²) in [5, 5.41) is 18.5. The number of amides is 1. The molecule has 0 saturated carbocycles. The predicted octanol–water partition coefficient (Wildman–Crippen LogP) is -0.883. The molecule has 0 aromatic rings. The van der Waals surface area contributed by atoms with Crippen molar-refractivity contribution >= 4 is 11.7 Å². The molecule has 0 aliphatic carbocycles. The Morgan fingerprint density at radius 3 is 2.69 bits per heavy atom. The minimum atomic E-state index is -1.27. The van der Waals surface area contributed by atoms with Crippen molar-refractivity contribution in [1.82, 2.24) is 4.90 Å². The number of hydrogen-bond acceptors (Lipinski definition) is 5. The van der Waals surface area contributed by atoms with E-state index in [-0.39, 0.29) is 24.5 Å². The number of ketones is 1. The van der Waals surface area contributed by atoms with Crippen molar-refractivity contribution in [2.45, 2.75) is 38.4 Å². The van der Waals surface area contributed by atoms with Crippen LogP contribution < -0.4 is 0 Å². The summed E-state index contributed by atoms with van der Waals surface area (Å²) in [5.41, 5.74) is 0.471. The second kappa shape index (κ2) is 3.97. The normalized spacial score (nSPS) is 35.6. The van der Waals surface area contributed by atoms with Gasteiger partial charge < -0.3 is 14.9 Å². The molecule has 6 heteroatoms. The number of carbonyl (C=O) groups is 2. The molecule has 0 radical (unpaired) electrons. The molecule has 0 aromatic carbocycles. The standard InChI is InChI=1S/C10H13NO5/c1-5-4-11(8(14)2-6(5)12)9-3-7(13)10(15)16-9/h4,7,9-10,13,15H,2-3H2,1H3/t7-,9+,10+/m0/s1. The SMILES string of the molecule is CC1=CN([C@H]2C[C@H](O)[C@H](O)O2)C(=O)CC1=O. The minimum Gasteiger partial charge on any atom is -0.388 e. The van der Waals surface area contributed by atoms with Gasteiger partial charge in [0.05, 0.1) is 6.42 Å². The third-order valence-electron chi connectivity index (χ3n) is 2.75. The van der Waals surface area contributed by atoms with E-state index in [1.54, 1.807) is 6.92 Å². The Bertz CT molecular complexity index is 354. The van der Waals surface area contributed by atoms with Gasteiger partial charge >= 0.3 is 0 Å². The van der Waals surface area contributed by atoms with Gasteiger partial charge in [-0.25, -0.2) is 0 Å². The number of hydrogen-bond donors (Lipinski definition) is 2. The number of nitrogens with zero attached hydrogens (tertiary/aromatic N) is 1. The van der Waals surface area contributed by atoms with Crippen LogP contribution in [-0.2, 0) is 14.3 Å². The minimum absolute atomic E-state index is 0.144. The van der Waals surface area contributed by atoms with E-state index in [1.807, 2.05) is 0 Å². The van der Waals surface area contributed by atoms with Crippen LogP contribution in [0, 0.1) is 0 Å². The Morgan fingerprint density at radius 2 is 2.12 bits per heavy atom. The molecule has 0 aromatic heterocycles. The highest BCUT2D eigenvalue weighted by Gasteiger charge is 2.39. The lowest BCUT2D eigenvalue weighted by atomic mass is 10.1. The Morgan fingerprint density at radius 1 is 1.44 bits per heavy atom. The van der Waals surface area contributed by atoms with Crippen molar-refractivity contribution in [1.29, 1.82) is 0 Å². The highest BCUT2D eigenvalue weighted by atomic mass is 16.6. The number of aliphatic hydroxyl groups is 2. The lowest BCUT2D eigenvalue weighted by molar-refractivity contribution is -0.164. The van der Waals surface area contributed by atoms with Gasteiger partial charge in [-0.15, -0.1) is 0 Å². The van der Waals surface area contributed by atoms with Gasteiger partial charge in [0.25, 0.3) is 0 Å². The van der Waals surface area contributed by atoms with Crippen molar-refractivity contribution < 1.29 is 24.5 Å². The van der Waals surface area contributed by atoms with Crippen LogP contribution in [0.4, 0.5) is 0 Å². The third-order valence-corrected chi connectivity index (χ3v) is 2.75. The zero-order chi connectivity index (χ0) is 11.9. The second-order valence-corrected chi connectivity index (χ2v) is 4.00. The average molecular weight is 227 g/mol. The summed E-state index contributed by atoms with van der Waals surface area (Å²) in [7, 11) is 0. The number of carbonyl (C=O) groups excluding carboxylic acids is 2. The van der Waals surface area contributed by atoms with Crippen LogP contribution in [0.3, 0.4) is 0 Å². The Kier molecular flexibility index (Phi) is 2.79. The maximum atomic E-state index is 11.6. The summed E-state index contributed by atoms with van der Waals surface area (Å²) in [5.74, 6) is -0.581. The summed E-state index contributed by atoms with van der Waals surface area (Å²) in [6.45, 7) is 1.61. The number of Topliss-reactive ketones (excluding diaryl/α,β-unsaturated/α-hetero) is 1. The van der Waals surface area contributed by atoms with Crippen LogP contribution in [0.1, 0.15) is 19.8 Å². The summed E-state index contributed by atoms with van der Waals surface area (Å²) in [6.07, 6.45) is -1.60. The maximum absolute atomic E-state index is 11.6. The fourth-order valence-electron chi connectivity index (χ4n) is 1.77. The molecular weight excluding hydrogens is 214 g/mol. The van der Waals surface area contributed by atoms with Crippen molar-refractivity contribution in [2.75, 3.05) is 0 Å². The molecule has 16 heavy (non-hydrogen) atoms. The van der Waals surface area contributed by atoms with Gasteiger partial charge in [0.15, 0.2) is 12.1 Å². The molecule has 2 rings (SSSR count). The zero-order valence-electron chi connectivity index (χ0n) is 8.79. The molecule has 1 saturated heterocycles. The first-order chi connectivity index (χ1) is 7.49. The third kappa shape index (κ3) is 1.87. The van der Waals surface area contributed by atoms with Crippen LogP contribution in [0.15, 0.2) is 11.8 Å². The van der Waals surface area contributed by atoms with E-state index in [9.17, 15) is 19.8 Å². The molecule has 2 aliphatic rings. The van der Waals surface area contributed by atoms with E-state index in [4.69, 9.17) is 4.74 Å². The highest BCUT2D eigenvalue weighted by molar-refractivity contribution is 6.09. The quantitative estimate of drug-likeness (QED) is 0.568. The van der Waals surface area contributed by atoms with Gasteiger partial charge in [-0.1, -0.05) is 0 Å². The van der Waals surface area contributed by atoms with Gasteiger partial charge in [-0.05, 0) is 6.92 Å². The number of ether oxygens (including phenoxy) is 1. The first-order valence-corrected chi connectivity index (χ1v) is 5.03. The van der Waals surface area contributed by atoms with Crippen LogP contribution in [0.25, 0.3) is 0 Å². The largest absolute Gasteiger partial charge is 0.388 e. The smallest absolute Gasteiger partial charge is 0.236 e. The van der Waals surface area contributed by atoms with Gasteiger partial charge in [0.2, 0.25) is 5.91 Å². The van der Waals surface area contributed by atoms with Crippen molar-refractivity contribution in [3.8, 4) is 0 Å². The Labute approximate surface area is 92.1 Å². The summed E-state index contributed by atoms with van der Waals surface area (Å²) >= 11 is 0. The number of aliphatic hydroxyl groups excluding tert-OH is 2. The number of rotatable bonds is 1. The van der Waals surface area contributed by atoms with Crippen LogP contribution in [-0.4, -0.2) is 45.4 Å². The first kappa shape index (κ1) is 11.3. The fraction of sp³-hybridized carbons (Fsp3) is 0.600. The molecule has 0 unspecified atom stereocenters. The van der Waals surface area contributed by atoms with E-state index in [1.165, 1.54) is 11.1 Å². The first-order valence-electron chi connectivity index (χ1n) is 5.03. The highest BCUT2D eigenvalue weighted by Crippen LogP contribution is 2.25. The molecular formula is C10H13NO5. The van der Waals surface area contributed by atoms with Crippen molar-refractivity contribution in [2.24, 2.45) is 0 Å². The van der Waals surface area contributed by atoms with E-state index in [0.29, 0.717) is 5.57 Å². The summed E-state index contributed by atoms with van der Waals surface area (Å²) in [4.78, 5) is 24.1. The zero-order valence-corrected chi connectivity index (χ0v) is 8.79. The van der Waals surface area contributed by atoms with Crippen molar-refractivity contribution in [3.05, 3.63) is 11.8 Å². The predicted molar refractivity (Wildman–Crippen MR) is 51.7 cm³/mol. The molecule has 1 fully saturated rings. The summed E-state index contributed by atoms with van der Waals surface area (Å²) in [6, 6.07) is 0. The van der Waals surface area contributed by atoms with E-state index in [0.717, 1.165) is 0 Å². The average Bonchev–Trinajstić information content (AvgIpc) is 2.53. The molecule has 88 valence electrons. The number of allylic oxidation sites excluding steroid dienone is 1. The Hall–Kier alpha value is -1.24. The maximum Gasteiger partial charge on any atom is 0.236 e. The van der Waals surface area contributed by atoms with E-state index >= 15 is 0 Å². The molecule has 2 heterocycles.